The number of halogens is 1. The van der Waals surface area contributed by atoms with Gasteiger partial charge in [-0.2, -0.15) is 0 Å². The van der Waals surface area contributed by atoms with Gasteiger partial charge in [0.15, 0.2) is 11.0 Å². The Morgan fingerprint density at radius 1 is 0.900 bits per heavy atom. The molecule has 0 saturated heterocycles. The van der Waals surface area contributed by atoms with E-state index in [1.54, 1.807) is 47.5 Å². The third-order valence-corrected chi connectivity index (χ3v) is 7.87. The van der Waals surface area contributed by atoms with Gasteiger partial charge < -0.3 is 9.32 Å². The second-order valence-electron chi connectivity index (χ2n) is 10.2. The first-order valence-corrected chi connectivity index (χ1v) is 13.2. The average molecular weight is 548 g/mol. The fourth-order valence-electron chi connectivity index (χ4n) is 5.97. The van der Waals surface area contributed by atoms with Crippen LogP contribution in [0.2, 0.25) is 5.02 Å². The van der Waals surface area contributed by atoms with Crippen molar-refractivity contribution >= 4 is 45.9 Å². The van der Waals surface area contributed by atoms with Gasteiger partial charge >= 0.3 is 0 Å². The maximum Gasteiger partial charge on any atom is 0.297 e. The highest BCUT2D eigenvalue weighted by Crippen LogP contribution is 2.54. The van der Waals surface area contributed by atoms with Gasteiger partial charge in [-0.05, 0) is 61.4 Å². The Labute approximate surface area is 234 Å². The Kier molecular flexibility index (Phi) is 5.24. The molecule has 40 heavy (non-hydrogen) atoms. The van der Waals surface area contributed by atoms with E-state index in [4.69, 9.17) is 16.0 Å². The highest BCUT2D eigenvalue weighted by Gasteiger charge is 2.66. The molecule has 2 amide bonds. The number of anilines is 2. The normalized spacial score (nSPS) is 17.7. The van der Waals surface area contributed by atoms with Crippen molar-refractivity contribution in [1.29, 1.82) is 0 Å². The van der Waals surface area contributed by atoms with Gasteiger partial charge in [0.1, 0.15) is 11.4 Å². The van der Waals surface area contributed by atoms with E-state index in [1.807, 2.05) is 50.2 Å². The molecule has 2 aliphatic heterocycles. The zero-order chi connectivity index (χ0) is 27.8. The highest BCUT2D eigenvalue weighted by atomic mass is 35.5. The van der Waals surface area contributed by atoms with Crippen LogP contribution in [0.15, 0.2) is 94.3 Å². The van der Waals surface area contributed by atoms with Crippen molar-refractivity contribution in [2.24, 2.45) is 0 Å². The van der Waals surface area contributed by atoms with Crippen molar-refractivity contribution in [3.63, 3.8) is 0 Å². The molecule has 5 aromatic rings. The molecule has 0 saturated carbocycles. The molecule has 1 atom stereocenters. The minimum absolute atomic E-state index is 0.0280. The molecule has 7 rings (SSSR count). The first-order valence-electron chi connectivity index (χ1n) is 12.8. The van der Waals surface area contributed by atoms with Gasteiger partial charge in [-0.15, -0.1) is 0 Å². The summed E-state index contributed by atoms with van der Waals surface area (Å²) in [6, 6.07) is 23.3. The molecular formula is C32H22ClN3O4. The van der Waals surface area contributed by atoms with E-state index in [0.717, 1.165) is 16.7 Å². The van der Waals surface area contributed by atoms with E-state index in [2.05, 4.69) is 4.98 Å². The maximum atomic E-state index is 14.9. The zero-order valence-electron chi connectivity index (χ0n) is 21.6. The Balaban J connectivity index is 1.57. The lowest BCUT2D eigenvalue weighted by atomic mass is 9.84. The van der Waals surface area contributed by atoms with E-state index in [0.29, 0.717) is 16.3 Å². The summed E-state index contributed by atoms with van der Waals surface area (Å²) in [5, 5.41) is 0.537. The number of carbonyl (C=O) groups is 2. The summed E-state index contributed by atoms with van der Waals surface area (Å²) in [6.07, 6.45) is 1.58. The molecule has 0 aliphatic carbocycles. The molecule has 1 spiro atoms. The van der Waals surface area contributed by atoms with Crippen LogP contribution in [0.4, 0.5) is 11.5 Å². The first-order chi connectivity index (χ1) is 19.3. The number of aryl methyl sites for hydroxylation is 2. The lowest BCUT2D eigenvalue weighted by Gasteiger charge is -2.33. The number of pyridine rings is 1. The summed E-state index contributed by atoms with van der Waals surface area (Å²) in [7, 11) is 0. The number of carbonyl (C=O) groups excluding carboxylic acids is 2. The number of fused-ring (bicyclic) bond motifs is 5. The van der Waals surface area contributed by atoms with E-state index in [9.17, 15) is 14.4 Å². The standard InChI is InChI=1S/C32H22ClN3O4/c1-18-6-5-7-20(14-18)17-35-24-9-4-3-8-23(24)32(31(35)39)27-28(37)22-16-21(33)10-11-25(22)40-29(27)30(38)36(32)26-15-19(2)12-13-34-26/h3-16H,17H2,1-2H3. The summed E-state index contributed by atoms with van der Waals surface area (Å²) >= 11 is 6.26. The van der Waals surface area contributed by atoms with Crippen LogP contribution < -0.4 is 15.2 Å². The summed E-state index contributed by atoms with van der Waals surface area (Å²) in [4.78, 5) is 50.9. The predicted molar refractivity (Wildman–Crippen MR) is 153 cm³/mol. The van der Waals surface area contributed by atoms with Crippen LogP contribution in [0.1, 0.15) is 38.4 Å². The molecule has 2 aliphatic rings. The lowest BCUT2D eigenvalue weighted by Crippen LogP contribution is -2.54. The van der Waals surface area contributed by atoms with Gasteiger partial charge in [0.25, 0.3) is 11.8 Å². The lowest BCUT2D eigenvalue weighted by molar-refractivity contribution is -0.121. The molecular weight excluding hydrogens is 526 g/mol. The van der Waals surface area contributed by atoms with E-state index in [1.165, 1.54) is 11.0 Å². The van der Waals surface area contributed by atoms with Crippen LogP contribution in [0.3, 0.4) is 0 Å². The van der Waals surface area contributed by atoms with Gasteiger partial charge in [-0.1, -0.05) is 59.6 Å². The topological polar surface area (TPSA) is 83.7 Å². The molecule has 4 heterocycles. The minimum atomic E-state index is -1.81. The molecule has 7 nitrogen and oxygen atoms in total. The number of benzene rings is 3. The van der Waals surface area contributed by atoms with E-state index < -0.39 is 22.8 Å². The molecule has 0 radical (unpaired) electrons. The van der Waals surface area contributed by atoms with Crippen LogP contribution in [-0.4, -0.2) is 16.8 Å². The maximum absolute atomic E-state index is 14.9. The van der Waals surface area contributed by atoms with Crippen molar-refractivity contribution < 1.29 is 14.0 Å². The van der Waals surface area contributed by atoms with Crippen molar-refractivity contribution in [3.8, 4) is 0 Å². The summed E-state index contributed by atoms with van der Waals surface area (Å²) in [5.41, 5.74) is 1.83. The quantitative estimate of drug-likeness (QED) is 0.280. The van der Waals surface area contributed by atoms with Gasteiger partial charge in [-0.25, -0.2) is 4.98 Å². The fraction of sp³-hybridized carbons (Fsp3) is 0.125. The molecule has 1 unspecified atom stereocenters. The number of amides is 2. The van der Waals surface area contributed by atoms with Crippen molar-refractivity contribution in [2.75, 3.05) is 9.80 Å². The van der Waals surface area contributed by atoms with Crippen LogP contribution in [0.25, 0.3) is 11.0 Å². The summed E-state index contributed by atoms with van der Waals surface area (Å²) < 4.78 is 6.11. The SMILES string of the molecule is Cc1cccc(CN2C(=O)C3(c4ccccc42)c2c(oc4ccc(Cl)cc4c2=O)C(=O)N3c2cc(C)ccn2)c1. The average Bonchev–Trinajstić information content (AvgIpc) is 3.34. The first kappa shape index (κ1) is 24.3. The molecule has 0 fully saturated rings. The van der Waals surface area contributed by atoms with Crippen molar-refractivity contribution in [1.82, 2.24) is 4.98 Å². The molecule has 196 valence electrons. The molecule has 0 N–H and O–H groups in total. The van der Waals surface area contributed by atoms with Crippen LogP contribution in [0, 0.1) is 13.8 Å². The van der Waals surface area contributed by atoms with Crippen LogP contribution in [0.5, 0.6) is 0 Å². The number of nitrogens with zero attached hydrogens (tertiary/aromatic N) is 3. The van der Waals surface area contributed by atoms with Crippen LogP contribution >= 0.6 is 11.6 Å². The van der Waals surface area contributed by atoms with Crippen molar-refractivity contribution in [2.45, 2.75) is 25.9 Å². The summed E-state index contributed by atoms with van der Waals surface area (Å²) in [6.45, 7) is 4.12. The molecule has 3 aromatic carbocycles. The third kappa shape index (κ3) is 3.24. The van der Waals surface area contributed by atoms with Gasteiger partial charge in [0, 0.05) is 16.8 Å². The number of hydrogen-bond acceptors (Lipinski definition) is 5. The van der Waals surface area contributed by atoms with Crippen molar-refractivity contribution in [3.05, 3.63) is 134 Å². The van der Waals surface area contributed by atoms with Gasteiger partial charge in [0.2, 0.25) is 5.76 Å². The van der Waals surface area contributed by atoms with Crippen LogP contribution in [-0.2, 0) is 16.9 Å². The highest BCUT2D eigenvalue weighted by molar-refractivity contribution is 6.31. The Bertz CT molecular complexity index is 1970. The number of rotatable bonds is 3. The predicted octanol–water partition coefficient (Wildman–Crippen LogP) is 5.91. The number of aromatic nitrogens is 1. The molecule has 0 bridgehead atoms. The van der Waals surface area contributed by atoms with Gasteiger partial charge in [0.05, 0.1) is 23.2 Å². The zero-order valence-corrected chi connectivity index (χ0v) is 22.4. The van der Waals surface area contributed by atoms with E-state index >= 15 is 0 Å². The second kappa shape index (κ2) is 8.63. The summed E-state index contributed by atoms with van der Waals surface area (Å²) in [5.74, 6) is -0.968. The fourth-order valence-corrected chi connectivity index (χ4v) is 6.15. The molecule has 8 heteroatoms. The second-order valence-corrected chi connectivity index (χ2v) is 10.7. The molecule has 2 aromatic heterocycles. The minimum Gasteiger partial charge on any atom is -0.450 e. The largest absolute Gasteiger partial charge is 0.450 e. The monoisotopic (exact) mass is 547 g/mol. The Morgan fingerprint density at radius 3 is 2.50 bits per heavy atom. The number of hydrogen-bond donors (Lipinski definition) is 0. The smallest absolute Gasteiger partial charge is 0.297 e. The Morgan fingerprint density at radius 2 is 1.70 bits per heavy atom. The van der Waals surface area contributed by atoms with E-state index in [-0.39, 0.29) is 34.7 Å². The number of para-hydroxylation sites is 1. The Hall–Kier alpha value is -4.75. The third-order valence-electron chi connectivity index (χ3n) is 7.64. The van der Waals surface area contributed by atoms with Gasteiger partial charge in [-0.3, -0.25) is 19.3 Å².